The Labute approximate surface area is 142 Å². The summed E-state index contributed by atoms with van der Waals surface area (Å²) in [6.45, 7) is 0. The molecule has 24 heavy (non-hydrogen) atoms. The van der Waals surface area contributed by atoms with Crippen LogP contribution in [0.5, 0.6) is 0 Å². The molecular weight excluding hydrogens is 300 g/mol. The highest BCUT2D eigenvalue weighted by Crippen LogP contribution is 2.27. The number of nitrogens with zero attached hydrogens (tertiary/aromatic N) is 2. The van der Waals surface area contributed by atoms with Gasteiger partial charge in [-0.25, -0.2) is 4.98 Å². The Bertz CT molecular complexity index is 738. The Morgan fingerprint density at radius 1 is 1.21 bits per heavy atom. The van der Waals surface area contributed by atoms with Gasteiger partial charge in [0.15, 0.2) is 0 Å². The second-order valence-electron chi connectivity index (χ2n) is 6.99. The van der Waals surface area contributed by atoms with Gasteiger partial charge in [-0.3, -0.25) is 4.79 Å². The third kappa shape index (κ3) is 2.96. The number of aryl methyl sites for hydroxylation is 2. The monoisotopic (exact) mass is 324 g/mol. The number of benzene rings is 1. The number of hydrogen-bond donors (Lipinski definition) is 2. The van der Waals surface area contributed by atoms with Gasteiger partial charge < -0.3 is 15.2 Å². The Balaban J connectivity index is 1.50. The van der Waals surface area contributed by atoms with Crippen LogP contribution in [0.1, 0.15) is 42.1 Å². The van der Waals surface area contributed by atoms with Gasteiger partial charge in [-0.15, -0.1) is 0 Å². The number of amides is 1. The molecule has 0 radical (unpaired) electrons. The third-order valence-electron chi connectivity index (χ3n) is 5.37. The second kappa shape index (κ2) is 6.40. The Hall–Kier alpha value is -2.14. The van der Waals surface area contributed by atoms with E-state index in [1.54, 1.807) is 6.33 Å². The van der Waals surface area contributed by atoms with Gasteiger partial charge in [0, 0.05) is 25.6 Å². The molecule has 0 bridgehead atoms. The zero-order chi connectivity index (χ0) is 16.5. The molecule has 0 saturated carbocycles. The predicted octanol–water partition coefficient (Wildman–Crippen LogP) is 1.89. The minimum absolute atomic E-state index is 0.00378. The van der Waals surface area contributed by atoms with Crippen molar-refractivity contribution in [1.29, 1.82) is 0 Å². The summed E-state index contributed by atoms with van der Waals surface area (Å²) >= 11 is 0. The third-order valence-corrected chi connectivity index (χ3v) is 5.37. The standard InChI is InChI=1S/C19H24N4O/c1-23-12-20-11-17(23)19-16(8-9-18(24)22-19)21-15-7-6-13-4-2-3-5-14(13)10-15/h2-5,11-12,15-16,19,21H,6-10H2,1H3,(H,22,24)/t15-,16-,19-/m1/s1. The number of carbonyl (C=O) groups is 1. The van der Waals surface area contributed by atoms with Crippen LogP contribution >= 0.6 is 0 Å². The normalized spacial score (nSPS) is 26.7. The van der Waals surface area contributed by atoms with E-state index in [1.807, 2.05) is 17.8 Å². The second-order valence-corrected chi connectivity index (χ2v) is 6.99. The van der Waals surface area contributed by atoms with Crippen molar-refractivity contribution in [3.8, 4) is 0 Å². The van der Waals surface area contributed by atoms with Crippen molar-refractivity contribution in [3.05, 3.63) is 53.6 Å². The van der Waals surface area contributed by atoms with Gasteiger partial charge in [-0.2, -0.15) is 0 Å². The highest BCUT2D eigenvalue weighted by atomic mass is 16.1. The van der Waals surface area contributed by atoms with Crippen LogP contribution in [0.4, 0.5) is 0 Å². The fourth-order valence-corrected chi connectivity index (χ4v) is 4.07. The van der Waals surface area contributed by atoms with Crippen molar-refractivity contribution < 1.29 is 4.79 Å². The minimum atomic E-state index is -0.00378. The molecule has 2 aliphatic rings. The van der Waals surface area contributed by atoms with Gasteiger partial charge in [-0.1, -0.05) is 24.3 Å². The fraction of sp³-hybridized carbons (Fsp3) is 0.474. The highest BCUT2D eigenvalue weighted by Gasteiger charge is 2.33. The van der Waals surface area contributed by atoms with Crippen LogP contribution in [-0.2, 0) is 24.7 Å². The SMILES string of the molecule is Cn1cncc1[C@@H]1NC(=O)CC[C@H]1N[C@@H]1CCc2ccccc2C1. The molecule has 5 heteroatoms. The number of piperidine rings is 1. The van der Waals surface area contributed by atoms with Gasteiger partial charge in [0.1, 0.15) is 0 Å². The summed E-state index contributed by atoms with van der Waals surface area (Å²) in [5.41, 5.74) is 4.01. The van der Waals surface area contributed by atoms with E-state index >= 15 is 0 Å². The topological polar surface area (TPSA) is 59.0 Å². The number of carbonyl (C=O) groups excluding carboxylic acids is 1. The molecule has 1 aromatic heterocycles. The lowest BCUT2D eigenvalue weighted by molar-refractivity contribution is -0.124. The Morgan fingerprint density at radius 3 is 2.83 bits per heavy atom. The van der Waals surface area contributed by atoms with Crippen LogP contribution in [0.3, 0.4) is 0 Å². The van der Waals surface area contributed by atoms with E-state index in [9.17, 15) is 4.79 Å². The number of nitrogens with one attached hydrogen (secondary N) is 2. The van der Waals surface area contributed by atoms with Crippen molar-refractivity contribution in [2.45, 2.75) is 50.2 Å². The first kappa shape index (κ1) is 15.4. The smallest absolute Gasteiger partial charge is 0.220 e. The number of rotatable bonds is 3. The molecule has 1 fully saturated rings. The van der Waals surface area contributed by atoms with Crippen molar-refractivity contribution in [2.75, 3.05) is 0 Å². The fourth-order valence-electron chi connectivity index (χ4n) is 4.07. The lowest BCUT2D eigenvalue weighted by Gasteiger charge is -2.37. The van der Waals surface area contributed by atoms with Crippen LogP contribution in [-0.4, -0.2) is 27.5 Å². The lowest BCUT2D eigenvalue weighted by atomic mass is 9.86. The minimum Gasteiger partial charge on any atom is -0.346 e. The van der Waals surface area contributed by atoms with Crippen molar-refractivity contribution in [1.82, 2.24) is 20.2 Å². The molecule has 1 aliphatic heterocycles. The van der Waals surface area contributed by atoms with Crippen molar-refractivity contribution >= 4 is 5.91 Å². The highest BCUT2D eigenvalue weighted by molar-refractivity contribution is 5.77. The molecule has 2 heterocycles. The molecule has 2 aromatic rings. The average molecular weight is 324 g/mol. The molecule has 0 spiro atoms. The molecule has 1 aromatic carbocycles. The number of hydrogen-bond acceptors (Lipinski definition) is 3. The molecule has 126 valence electrons. The predicted molar refractivity (Wildman–Crippen MR) is 92.5 cm³/mol. The Kier molecular flexibility index (Phi) is 4.10. The largest absolute Gasteiger partial charge is 0.346 e. The molecule has 0 unspecified atom stereocenters. The van der Waals surface area contributed by atoms with E-state index in [4.69, 9.17) is 0 Å². The maximum atomic E-state index is 11.9. The molecule has 1 aliphatic carbocycles. The summed E-state index contributed by atoms with van der Waals surface area (Å²) in [5.74, 6) is 0.133. The van der Waals surface area contributed by atoms with Gasteiger partial charge in [0.25, 0.3) is 0 Å². The van der Waals surface area contributed by atoms with E-state index in [2.05, 4.69) is 39.9 Å². The number of aromatic nitrogens is 2. The molecule has 1 amide bonds. The maximum Gasteiger partial charge on any atom is 0.220 e. The summed E-state index contributed by atoms with van der Waals surface area (Å²) in [5, 5.41) is 6.99. The molecule has 4 rings (SSSR count). The quantitative estimate of drug-likeness (QED) is 0.906. The first-order chi connectivity index (χ1) is 11.7. The molecule has 1 saturated heterocycles. The van der Waals surface area contributed by atoms with Crippen molar-refractivity contribution in [2.24, 2.45) is 7.05 Å². The van der Waals surface area contributed by atoms with Gasteiger partial charge >= 0.3 is 0 Å². The van der Waals surface area contributed by atoms with Crippen LogP contribution in [0.15, 0.2) is 36.8 Å². The maximum absolute atomic E-state index is 11.9. The molecule has 3 atom stereocenters. The number of imidazole rings is 1. The zero-order valence-electron chi connectivity index (χ0n) is 14.0. The first-order valence-electron chi connectivity index (χ1n) is 8.79. The van der Waals surface area contributed by atoms with E-state index in [0.29, 0.717) is 12.5 Å². The van der Waals surface area contributed by atoms with Crippen LogP contribution in [0, 0.1) is 0 Å². The van der Waals surface area contributed by atoms with Gasteiger partial charge in [0.2, 0.25) is 5.91 Å². The summed E-state index contributed by atoms with van der Waals surface area (Å²) in [4.78, 5) is 16.1. The van der Waals surface area contributed by atoms with Gasteiger partial charge in [-0.05, 0) is 36.8 Å². The molecule has 2 N–H and O–H groups in total. The summed E-state index contributed by atoms with van der Waals surface area (Å²) in [6.07, 6.45) is 8.47. The van der Waals surface area contributed by atoms with Crippen LogP contribution in [0.2, 0.25) is 0 Å². The van der Waals surface area contributed by atoms with E-state index in [-0.39, 0.29) is 18.0 Å². The molecule has 5 nitrogen and oxygen atoms in total. The van der Waals surface area contributed by atoms with E-state index in [1.165, 1.54) is 11.1 Å². The number of fused-ring (bicyclic) bond motifs is 1. The van der Waals surface area contributed by atoms with Gasteiger partial charge in [0.05, 0.1) is 24.3 Å². The Morgan fingerprint density at radius 2 is 2.04 bits per heavy atom. The first-order valence-corrected chi connectivity index (χ1v) is 8.79. The molecular formula is C19H24N4O. The average Bonchev–Trinajstić information content (AvgIpc) is 3.02. The van der Waals surface area contributed by atoms with E-state index < -0.39 is 0 Å². The summed E-state index contributed by atoms with van der Waals surface area (Å²) < 4.78 is 2.00. The van der Waals surface area contributed by atoms with E-state index in [0.717, 1.165) is 31.4 Å². The lowest BCUT2D eigenvalue weighted by Crippen LogP contribution is -2.52. The zero-order valence-corrected chi connectivity index (χ0v) is 14.0. The van der Waals surface area contributed by atoms with Crippen molar-refractivity contribution in [3.63, 3.8) is 0 Å². The van der Waals surface area contributed by atoms with Crippen LogP contribution in [0.25, 0.3) is 0 Å². The summed E-state index contributed by atoms with van der Waals surface area (Å²) in [6, 6.07) is 9.46. The summed E-state index contributed by atoms with van der Waals surface area (Å²) in [7, 11) is 1.98. The van der Waals surface area contributed by atoms with Crippen LogP contribution < -0.4 is 10.6 Å².